The Morgan fingerprint density at radius 2 is 2.04 bits per heavy atom. The molecule has 1 aromatic rings. The molecule has 1 N–H and O–H groups in total. The highest BCUT2D eigenvalue weighted by atomic mass is 16.7. The van der Waals surface area contributed by atoms with Gasteiger partial charge in [-0.1, -0.05) is 58.8 Å². The van der Waals surface area contributed by atoms with Gasteiger partial charge in [-0.15, -0.1) is 0 Å². The average Bonchev–Trinajstić information content (AvgIpc) is 2.62. The van der Waals surface area contributed by atoms with Crippen LogP contribution in [0.5, 0.6) is 0 Å². The van der Waals surface area contributed by atoms with Crippen molar-refractivity contribution in [3.63, 3.8) is 0 Å². The number of hydroxylamine groups is 1. The molecule has 0 saturated carbocycles. The minimum atomic E-state index is -0.579. The van der Waals surface area contributed by atoms with Crippen molar-refractivity contribution in [3.05, 3.63) is 36.9 Å². The molecule has 0 aliphatic carbocycles. The normalized spacial score (nSPS) is 10.5. The van der Waals surface area contributed by atoms with Crippen LogP contribution in [0.15, 0.2) is 36.9 Å². The third kappa shape index (κ3) is 7.70. The van der Waals surface area contributed by atoms with Crippen molar-refractivity contribution in [2.24, 2.45) is 5.92 Å². The van der Waals surface area contributed by atoms with Gasteiger partial charge in [-0.2, -0.15) is 5.06 Å². The third-order valence-corrected chi connectivity index (χ3v) is 3.57. The third-order valence-electron chi connectivity index (χ3n) is 3.57. The summed E-state index contributed by atoms with van der Waals surface area (Å²) in [5.41, 5.74) is 1.09. The van der Waals surface area contributed by atoms with Crippen LogP contribution in [0.25, 0.3) is 0 Å². The quantitative estimate of drug-likeness (QED) is 0.344. The van der Waals surface area contributed by atoms with E-state index in [0.717, 1.165) is 25.7 Å². The van der Waals surface area contributed by atoms with Crippen molar-refractivity contribution in [1.29, 1.82) is 0 Å². The van der Waals surface area contributed by atoms with Gasteiger partial charge in [-0.3, -0.25) is 14.9 Å². The highest BCUT2D eigenvalue weighted by molar-refractivity contribution is 5.94. The zero-order chi connectivity index (χ0) is 19.4. The number of unbranched alkanes of at least 4 members (excludes halogenated alkanes) is 3. The number of amides is 2. The van der Waals surface area contributed by atoms with Crippen molar-refractivity contribution in [1.82, 2.24) is 0 Å². The molecule has 0 aliphatic heterocycles. The summed E-state index contributed by atoms with van der Waals surface area (Å²) in [6.45, 7) is 9.89. The molecule has 0 spiro atoms. The molecule has 0 radical (unpaired) electrons. The molecule has 6 heteroatoms. The molecule has 144 valence electrons. The van der Waals surface area contributed by atoms with Gasteiger partial charge in [-0.25, -0.2) is 4.79 Å². The maximum atomic E-state index is 12.5. The highest BCUT2D eigenvalue weighted by Gasteiger charge is 2.20. The van der Waals surface area contributed by atoms with E-state index in [-0.39, 0.29) is 18.4 Å². The van der Waals surface area contributed by atoms with Crippen LogP contribution < -0.4 is 10.4 Å². The summed E-state index contributed by atoms with van der Waals surface area (Å²) in [7, 11) is 0. The second-order valence-electron chi connectivity index (χ2n) is 6.24. The number of anilines is 2. The Balaban J connectivity index is 2.81. The Bertz CT molecular complexity index is 587. The first-order chi connectivity index (χ1) is 12.5. The monoisotopic (exact) mass is 362 g/mol. The topological polar surface area (TPSA) is 67.9 Å². The number of ether oxygens (including phenoxy) is 1. The maximum Gasteiger partial charge on any atom is 0.411 e. The van der Waals surface area contributed by atoms with Crippen LogP contribution in [0.1, 0.15) is 46.5 Å². The lowest BCUT2D eigenvalue weighted by molar-refractivity contribution is -0.129. The SMILES string of the molecule is C=CCOC(=O)Nc1cccc(N(OCCCCCC)C(=O)C(C)C)c1. The number of nitrogens with zero attached hydrogens (tertiary/aromatic N) is 1. The van der Waals surface area contributed by atoms with E-state index in [9.17, 15) is 9.59 Å². The molecule has 26 heavy (non-hydrogen) atoms. The van der Waals surface area contributed by atoms with E-state index >= 15 is 0 Å². The number of hydrogen-bond acceptors (Lipinski definition) is 4. The molecule has 1 aromatic carbocycles. The van der Waals surface area contributed by atoms with Crippen molar-refractivity contribution >= 4 is 23.4 Å². The Kier molecular flexibility index (Phi) is 10.1. The van der Waals surface area contributed by atoms with Gasteiger partial charge in [0.1, 0.15) is 6.61 Å². The summed E-state index contributed by atoms with van der Waals surface area (Å²) in [5, 5.41) is 3.94. The smallest absolute Gasteiger partial charge is 0.411 e. The number of rotatable bonds is 11. The molecular formula is C20H30N2O4. The van der Waals surface area contributed by atoms with E-state index in [1.54, 1.807) is 24.3 Å². The van der Waals surface area contributed by atoms with Crippen LogP contribution in [0, 0.1) is 5.92 Å². The van der Waals surface area contributed by atoms with Gasteiger partial charge in [0.25, 0.3) is 5.91 Å². The number of benzene rings is 1. The zero-order valence-corrected chi connectivity index (χ0v) is 16.0. The predicted molar refractivity (Wildman–Crippen MR) is 104 cm³/mol. The van der Waals surface area contributed by atoms with Crippen LogP contribution in [0.3, 0.4) is 0 Å². The second-order valence-corrected chi connectivity index (χ2v) is 6.24. The summed E-state index contributed by atoms with van der Waals surface area (Å²) < 4.78 is 4.90. The first-order valence-electron chi connectivity index (χ1n) is 9.11. The fourth-order valence-corrected chi connectivity index (χ4v) is 2.18. The fraction of sp³-hybridized carbons (Fsp3) is 0.500. The lowest BCUT2D eigenvalue weighted by atomic mass is 10.2. The molecule has 0 aromatic heterocycles. The van der Waals surface area contributed by atoms with Crippen LogP contribution >= 0.6 is 0 Å². The molecular weight excluding hydrogens is 332 g/mol. The van der Waals surface area contributed by atoms with E-state index in [1.807, 2.05) is 13.8 Å². The summed E-state index contributed by atoms with van der Waals surface area (Å²) in [6.07, 6.45) is 5.16. The van der Waals surface area contributed by atoms with Gasteiger partial charge in [0, 0.05) is 11.6 Å². The van der Waals surface area contributed by atoms with Crippen LogP contribution in [-0.4, -0.2) is 25.2 Å². The maximum absolute atomic E-state index is 12.5. The second kappa shape index (κ2) is 12.1. The van der Waals surface area contributed by atoms with E-state index in [0.29, 0.717) is 18.0 Å². The van der Waals surface area contributed by atoms with Crippen molar-refractivity contribution in [3.8, 4) is 0 Å². The van der Waals surface area contributed by atoms with Crippen LogP contribution in [0.2, 0.25) is 0 Å². The van der Waals surface area contributed by atoms with E-state index in [1.165, 1.54) is 11.1 Å². The van der Waals surface area contributed by atoms with Crippen LogP contribution in [0.4, 0.5) is 16.2 Å². The lowest BCUT2D eigenvalue weighted by Gasteiger charge is -2.24. The predicted octanol–water partition coefficient (Wildman–Crippen LogP) is 4.92. The van der Waals surface area contributed by atoms with Gasteiger partial charge in [0.2, 0.25) is 0 Å². The van der Waals surface area contributed by atoms with Gasteiger partial charge in [-0.05, 0) is 24.6 Å². The molecule has 1 rings (SSSR count). The number of hydrogen-bond donors (Lipinski definition) is 1. The van der Waals surface area contributed by atoms with E-state index < -0.39 is 6.09 Å². The molecule has 6 nitrogen and oxygen atoms in total. The Labute approximate surface area is 156 Å². The molecule has 0 fully saturated rings. The number of carbonyl (C=O) groups excluding carboxylic acids is 2. The standard InChI is InChI=1S/C20H30N2O4/c1-5-7-8-9-14-26-22(19(23)16(3)4)18-12-10-11-17(15-18)21-20(24)25-13-6-2/h6,10-12,15-16H,2,5,7-9,13-14H2,1,3-4H3,(H,21,24). The summed E-state index contributed by atoms with van der Waals surface area (Å²) >= 11 is 0. The summed E-state index contributed by atoms with van der Waals surface area (Å²) in [4.78, 5) is 29.9. The minimum absolute atomic E-state index is 0.129. The van der Waals surface area contributed by atoms with Gasteiger partial charge in [0.15, 0.2) is 0 Å². The van der Waals surface area contributed by atoms with Gasteiger partial charge in [0.05, 0.1) is 12.3 Å². The van der Waals surface area contributed by atoms with Crippen molar-refractivity contribution < 1.29 is 19.2 Å². The molecule has 0 saturated heterocycles. The molecule has 0 heterocycles. The highest BCUT2D eigenvalue weighted by Crippen LogP contribution is 2.22. The van der Waals surface area contributed by atoms with Crippen molar-refractivity contribution in [2.45, 2.75) is 46.5 Å². The first-order valence-corrected chi connectivity index (χ1v) is 9.11. The average molecular weight is 362 g/mol. The molecule has 0 unspecified atom stereocenters. The first kappa shape index (κ1) is 21.7. The van der Waals surface area contributed by atoms with E-state index in [4.69, 9.17) is 9.57 Å². The lowest BCUT2D eigenvalue weighted by Crippen LogP contribution is -2.34. The Morgan fingerprint density at radius 1 is 1.27 bits per heavy atom. The number of nitrogens with one attached hydrogen (secondary N) is 1. The summed E-state index contributed by atoms with van der Waals surface area (Å²) in [6, 6.07) is 6.92. The molecule has 0 aliphatic rings. The fourth-order valence-electron chi connectivity index (χ4n) is 2.18. The molecule has 2 amide bonds. The van der Waals surface area contributed by atoms with Crippen LogP contribution in [-0.2, 0) is 14.4 Å². The Hall–Kier alpha value is -2.34. The van der Waals surface area contributed by atoms with Gasteiger partial charge >= 0.3 is 6.09 Å². The van der Waals surface area contributed by atoms with Gasteiger partial charge < -0.3 is 4.74 Å². The number of carbonyl (C=O) groups is 2. The largest absolute Gasteiger partial charge is 0.445 e. The molecule has 0 bridgehead atoms. The van der Waals surface area contributed by atoms with Crippen molar-refractivity contribution in [2.75, 3.05) is 23.6 Å². The minimum Gasteiger partial charge on any atom is -0.445 e. The van der Waals surface area contributed by atoms with E-state index in [2.05, 4.69) is 18.8 Å². The molecule has 0 atom stereocenters. The summed E-state index contributed by atoms with van der Waals surface area (Å²) in [5.74, 6) is -0.341. The Morgan fingerprint density at radius 3 is 2.69 bits per heavy atom. The zero-order valence-electron chi connectivity index (χ0n) is 16.0.